The van der Waals surface area contributed by atoms with Gasteiger partial charge in [0.15, 0.2) is 0 Å². The highest BCUT2D eigenvalue weighted by molar-refractivity contribution is 5.98. The minimum Gasteiger partial charge on any atom is -0.376 e. The zero-order valence-electron chi connectivity index (χ0n) is 19.0. The highest BCUT2D eigenvalue weighted by Crippen LogP contribution is 2.20. The first-order valence-corrected chi connectivity index (χ1v) is 11.2. The number of nitrogens with one attached hydrogen (secondary N) is 3. The van der Waals surface area contributed by atoms with E-state index >= 15 is 0 Å². The first-order valence-electron chi connectivity index (χ1n) is 11.2. The van der Waals surface area contributed by atoms with Crippen LogP contribution < -0.4 is 16.0 Å². The van der Waals surface area contributed by atoms with Gasteiger partial charge in [-0.15, -0.1) is 0 Å². The van der Waals surface area contributed by atoms with Crippen LogP contribution in [0.15, 0.2) is 48.5 Å². The van der Waals surface area contributed by atoms with Gasteiger partial charge in [0, 0.05) is 41.6 Å². The maximum Gasteiger partial charge on any atom is 0.253 e. The van der Waals surface area contributed by atoms with Gasteiger partial charge in [0.25, 0.3) is 5.91 Å². The quantitative estimate of drug-likeness (QED) is 0.607. The van der Waals surface area contributed by atoms with Crippen LogP contribution in [0.5, 0.6) is 0 Å². The summed E-state index contributed by atoms with van der Waals surface area (Å²) in [4.78, 5) is 38.8. The van der Waals surface area contributed by atoms with Crippen LogP contribution in [0.4, 0.5) is 17.1 Å². The van der Waals surface area contributed by atoms with E-state index in [2.05, 4.69) is 22.9 Å². The molecular formula is C25H32N4O3. The van der Waals surface area contributed by atoms with Gasteiger partial charge in [0.05, 0.1) is 6.54 Å². The molecule has 0 unspecified atom stereocenters. The molecule has 1 heterocycles. The minimum absolute atomic E-state index is 0.00997. The Balaban J connectivity index is 1.50. The number of carbonyl (C=O) groups excluding carboxylic acids is 3. The third kappa shape index (κ3) is 6.57. The van der Waals surface area contributed by atoms with Crippen LogP contribution in [-0.2, 0) is 9.59 Å². The van der Waals surface area contributed by atoms with Crippen molar-refractivity contribution in [2.45, 2.75) is 33.6 Å². The van der Waals surface area contributed by atoms with Crippen molar-refractivity contribution in [1.82, 2.24) is 4.90 Å². The molecule has 3 N–H and O–H groups in total. The van der Waals surface area contributed by atoms with Gasteiger partial charge in [-0.25, -0.2) is 0 Å². The lowest BCUT2D eigenvalue weighted by atomic mass is 9.98. The number of amides is 3. The molecule has 0 atom stereocenters. The molecule has 0 bridgehead atoms. The average molecular weight is 437 g/mol. The summed E-state index contributed by atoms with van der Waals surface area (Å²) < 4.78 is 0. The molecule has 0 aromatic heterocycles. The number of carbonyl (C=O) groups is 3. The Bertz CT molecular complexity index is 948. The number of hydrogen-bond acceptors (Lipinski definition) is 4. The SMILES string of the molecule is CC1CCN(C(=O)c2cccc(NC(=O)CNc3ccc(NC(=O)C(C)C)cc3)c2)CC1. The van der Waals surface area contributed by atoms with Crippen LogP contribution in [0, 0.1) is 11.8 Å². The van der Waals surface area contributed by atoms with Gasteiger partial charge >= 0.3 is 0 Å². The van der Waals surface area contributed by atoms with Crippen LogP contribution >= 0.6 is 0 Å². The predicted octanol–water partition coefficient (Wildman–Crippen LogP) is 4.20. The number of benzene rings is 2. The molecule has 2 aromatic rings. The highest BCUT2D eigenvalue weighted by atomic mass is 16.2. The summed E-state index contributed by atoms with van der Waals surface area (Å²) in [7, 11) is 0. The number of piperidine rings is 1. The van der Waals surface area contributed by atoms with Crippen molar-refractivity contribution in [2.75, 3.05) is 35.6 Å². The Morgan fingerprint density at radius 1 is 0.938 bits per heavy atom. The van der Waals surface area contributed by atoms with E-state index in [0.29, 0.717) is 22.9 Å². The zero-order chi connectivity index (χ0) is 23.1. The fourth-order valence-electron chi connectivity index (χ4n) is 3.47. The normalized spacial score (nSPS) is 14.2. The number of nitrogens with zero attached hydrogens (tertiary/aromatic N) is 1. The number of rotatable bonds is 7. The molecule has 1 aliphatic heterocycles. The van der Waals surface area contributed by atoms with Crippen LogP contribution in [0.1, 0.15) is 44.0 Å². The molecule has 3 amide bonds. The van der Waals surface area contributed by atoms with Crippen LogP contribution in [0.25, 0.3) is 0 Å². The van der Waals surface area contributed by atoms with E-state index in [1.165, 1.54) is 0 Å². The Morgan fingerprint density at radius 3 is 2.25 bits per heavy atom. The highest BCUT2D eigenvalue weighted by Gasteiger charge is 2.21. The molecule has 7 heteroatoms. The standard InChI is InChI=1S/C25H32N4O3/c1-17(2)24(31)28-21-9-7-20(8-10-21)26-16-23(30)27-22-6-4-5-19(15-22)25(32)29-13-11-18(3)12-14-29/h4-10,15,17-18,26H,11-14,16H2,1-3H3,(H,27,30)(H,28,31). The fourth-order valence-corrected chi connectivity index (χ4v) is 3.47. The van der Waals surface area contributed by atoms with E-state index < -0.39 is 0 Å². The van der Waals surface area contributed by atoms with E-state index in [9.17, 15) is 14.4 Å². The first-order chi connectivity index (χ1) is 15.3. The Kier molecular flexibility index (Phi) is 7.87. The molecular weight excluding hydrogens is 404 g/mol. The molecule has 1 saturated heterocycles. The molecule has 1 aliphatic rings. The maximum atomic E-state index is 12.8. The summed E-state index contributed by atoms with van der Waals surface area (Å²) in [5, 5.41) is 8.73. The maximum absolute atomic E-state index is 12.8. The van der Waals surface area contributed by atoms with Crippen LogP contribution in [-0.4, -0.2) is 42.3 Å². The van der Waals surface area contributed by atoms with E-state index in [-0.39, 0.29) is 30.2 Å². The van der Waals surface area contributed by atoms with Gasteiger partial charge in [-0.1, -0.05) is 26.8 Å². The van der Waals surface area contributed by atoms with Crippen molar-refractivity contribution in [2.24, 2.45) is 11.8 Å². The molecule has 170 valence electrons. The van der Waals surface area contributed by atoms with Crippen molar-refractivity contribution in [3.8, 4) is 0 Å². The average Bonchev–Trinajstić information content (AvgIpc) is 2.78. The van der Waals surface area contributed by atoms with Gasteiger partial charge in [0.2, 0.25) is 11.8 Å². The number of hydrogen-bond donors (Lipinski definition) is 3. The first kappa shape index (κ1) is 23.3. The van der Waals surface area contributed by atoms with Crippen LogP contribution in [0.3, 0.4) is 0 Å². The van der Waals surface area contributed by atoms with Crippen molar-refractivity contribution < 1.29 is 14.4 Å². The molecule has 3 rings (SSSR count). The summed E-state index contributed by atoms with van der Waals surface area (Å²) >= 11 is 0. The Labute approximate surface area is 189 Å². The van der Waals surface area contributed by atoms with Gasteiger partial charge in [-0.2, -0.15) is 0 Å². The summed E-state index contributed by atoms with van der Waals surface area (Å²) in [5.41, 5.74) is 2.67. The predicted molar refractivity (Wildman–Crippen MR) is 128 cm³/mol. The molecule has 0 saturated carbocycles. The zero-order valence-corrected chi connectivity index (χ0v) is 19.0. The Morgan fingerprint density at radius 2 is 1.59 bits per heavy atom. The third-order valence-electron chi connectivity index (χ3n) is 5.59. The molecule has 0 aliphatic carbocycles. The van der Waals surface area contributed by atoms with E-state index in [4.69, 9.17) is 0 Å². The summed E-state index contributed by atoms with van der Waals surface area (Å²) in [6.45, 7) is 7.53. The largest absolute Gasteiger partial charge is 0.376 e. The number of likely N-dealkylation sites (tertiary alicyclic amines) is 1. The van der Waals surface area contributed by atoms with Gasteiger partial charge < -0.3 is 20.9 Å². The molecule has 7 nitrogen and oxygen atoms in total. The van der Waals surface area contributed by atoms with Crippen molar-refractivity contribution in [3.63, 3.8) is 0 Å². The lowest BCUT2D eigenvalue weighted by Crippen LogP contribution is -2.37. The smallest absolute Gasteiger partial charge is 0.253 e. The van der Waals surface area contributed by atoms with Crippen LogP contribution in [0.2, 0.25) is 0 Å². The van der Waals surface area contributed by atoms with Crippen molar-refractivity contribution in [3.05, 3.63) is 54.1 Å². The van der Waals surface area contributed by atoms with Gasteiger partial charge in [-0.05, 0) is 61.2 Å². The van der Waals surface area contributed by atoms with Crippen molar-refractivity contribution in [1.29, 1.82) is 0 Å². The second-order valence-corrected chi connectivity index (χ2v) is 8.68. The lowest BCUT2D eigenvalue weighted by molar-refractivity contribution is -0.119. The second-order valence-electron chi connectivity index (χ2n) is 8.68. The van der Waals surface area contributed by atoms with Gasteiger partial charge in [-0.3, -0.25) is 14.4 Å². The topological polar surface area (TPSA) is 90.5 Å². The lowest BCUT2D eigenvalue weighted by Gasteiger charge is -2.30. The monoisotopic (exact) mass is 436 g/mol. The summed E-state index contributed by atoms with van der Waals surface area (Å²) in [6.07, 6.45) is 2.05. The summed E-state index contributed by atoms with van der Waals surface area (Å²) in [6, 6.07) is 14.3. The van der Waals surface area contributed by atoms with E-state index in [1.54, 1.807) is 36.4 Å². The molecule has 32 heavy (non-hydrogen) atoms. The molecule has 2 aromatic carbocycles. The summed E-state index contributed by atoms with van der Waals surface area (Å²) in [5.74, 6) is 0.330. The number of anilines is 3. The molecule has 0 radical (unpaired) electrons. The third-order valence-corrected chi connectivity index (χ3v) is 5.59. The van der Waals surface area contributed by atoms with E-state index in [1.807, 2.05) is 30.9 Å². The van der Waals surface area contributed by atoms with Gasteiger partial charge in [0.1, 0.15) is 0 Å². The second kappa shape index (κ2) is 10.8. The van der Waals surface area contributed by atoms with Crippen molar-refractivity contribution >= 4 is 34.8 Å². The van der Waals surface area contributed by atoms with E-state index in [0.717, 1.165) is 31.6 Å². The fraction of sp³-hybridized carbons (Fsp3) is 0.400. The minimum atomic E-state index is -0.210. The molecule has 1 fully saturated rings. The Hall–Kier alpha value is -3.35. The molecule has 0 spiro atoms.